The van der Waals surface area contributed by atoms with Crippen LogP contribution in [0.3, 0.4) is 0 Å². The maximum atomic E-state index is 4.56. The molecule has 0 fully saturated rings. The van der Waals surface area contributed by atoms with Crippen LogP contribution in [0.2, 0.25) is 0 Å². The van der Waals surface area contributed by atoms with Crippen LogP contribution in [0.15, 0.2) is 30.5 Å². The van der Waals surface area contributed by atoms with Gasteiger partial charge in [0.2, 0.25) is 0 Å². The monoisotopic (exact) mass is 229 g/mol. The van der Waals surface area contributed by atoms with Gasteiger partial charge in [0.25, 0.3) is 0 Å². The molecule has 0 aliphatic rings. The Morgan fingerprint density at radius 1 is 1.18 bits per heavy atom. The minimum Gasteiger partial charge on any atom is -0.366 e. The second kappa shape index (κ2) is 5.13. The molecule has 1 aromatic carbocycles. The Balaban J connectivity index is 2.19. The molecular weight excluding hydrogens is 210 g/mol. The summed E-state index contributed by atoms with van der Waals surface area (Å²) < 4.78 is 0. The fourth-order valence-corrected chi connectivity index (χ4v) is 1.76. The molecule has 0 bridgehead atoms. The van der Waals surface area contributed by atoms with Crippen LogP contribution in [0.4, 0.5) is 5.82 Å². The van der Waals surface area contributed by atoms with Crippen molar-refractivity contribution in [2.45, 2.75) is 33.2 Å². The summed E-state index contributed by atoms with van der Waals surface area (Å²) in [6.07, 6.45) is 2.97. The first kappa shape index (κ1) is 11.8. The summed E-state index contributed by atoms with van der Waals surface area (Å²) in [4.78, 5) is 8.95. The number of hydrogen-bond donors (Lipinski definition) is 1. The number of anilines is 1. The molecule has 0 saturated heterocycles. The van der Waals surface area contributed by atoms with Crippen LogP contribution in [0.1, 0.15) is 27.2 Å². The lowest BCUT2D eigenvalue weighted by molar-refractivity contribution is 0.493. The maximum absolute atomic E-state index is 4.56. The molecule has 2 aromatic rings. The second-order valence-electron chi connectivity index (χ2n) is 4.56. The summed E-state index contributed by atoms with van der Waals surface area (Å²) in [7, 11) is 0. The first-order chi connectivity index (χ1) is 8.20. The Morgan fingerprint density at radius 2 is 1.88 bits per heavy atom. The van der Waals surface area contributed by atoms with E-state index in [2.05, 4.69) is 36.1 Å². The van der Waals surface area contributed by atoms with Crippen LogP contribution in [0.25, 0.3) is 11.0 Å². The minimum absolute atomic E-state index is 0.412. The van der Waals surface area contributed by atoms with Crippen molar-refractivity contribution in [3.63, 3.8) is 0 Å². The third-order valence-electron chi connectivity index (χ3n) is 3.32. The van der Waals surface area contributed by atoms with Gasteiger partial charge >= 0.3 is 0 Å². The van der Waals surface area contributed by atoms with Crippen molar-refractivity contribution in [1.29, 1.82) is 0 Å². The Kier molecular flexibility index (Phi) is 3.57. The molecule has 0 radical (unpaired) electrons. The molecule has 2 atom stereocenters. The number of hydrogen-bond acceptors (Lipinski definition) is 3. The molecule has 90 valence electrons. The van der Waals surface area contributed by atoms with E-state index in [4.69, 9.17) is 0 Å². The Labute approximate surface area is 102 Å². The summed E-state index contributed by atoms with van der Waals surface area (Å²) in [5.41, 5.74) is 1.88. The van der Waals surface area contributed by atoms with Crippen molar-refractivity contribution in [1.82, 2.24) is 9.97 Å². The van der Waals surface area contributed by atoms with Gasteiger partial charge in [0.1, 0.15) is 5.82 Å². The lowest BCUT2D eigenvalue weighted by atomic mass is 10.0. The summed E-state index contributed by atoms with van der Waals surface area (Å²) in [5.74, 6) is 1.49. The number of benzene rings is 1. The molecule has 17 heavy (non-hydrogen) atoms. The van der Waals surface area contributed by atoms with Gasteiger partial charge in [0.05, 0.1) is 17.2 Å². The zero-order chi connectivity index (χ0) is 12.3. The van der Waals surface area contributed by atoms with Gasteiger partial charge in [0, 0.05) is 6.04 Å². The van der Waals surface area contributed by atoms with Gasteiger partial charge in [0.15, 0.2) is 0 Å². The Hall–Kier alpha value is -1.64. The molecule has 0 amide bonds. The highest BCUT2D eigenvalue weighted by atomic mass is 15.0. The van der Waals surface area contributed by atoms with Crippen molar-refractivity contribution in [2.24, 2.45) is 5.92 Å². The van der Waals surface area contributed by atoms with E-state index >= 15 is 0 Å². The molecule has 0 aliphatic heterocycles. The SMILES string of the molecule is CC[C@H](C)[C@@H](C)Nc1cnc2ccccc2n1. The summed E-state index contributed by atoms with van der Waals surface area (Å²) >= 11 is 0. The Morgan fingerprint density at radius 3 is 2.59 bits per heavy atom. The van der Waals surface area contributed by atoms with E-state index in [1.165, 1.54) is 0 Å². The molecule has 1 heterocycles. The van der Waals surface area contributed by atoms with Crippen LogP contribution in [0.5, 0.6) is 0 Å². The van der Waals surface area contributed by atoms with Gasteiger partial charge < -0.3 is 5.32 Å². The fraction of sp³-hybridized carbons (Fsp3) is 0.429. The lowest BCUT2D eigenvalue weighted by Gasteiger charge is -2.20. The fourth-order valence-electron chi connectivity index (χ4n) is 1.76. The summed E-state index contributed by atoms with van der Waals surface area (Å²) in [5, 5.41) is 3.41. The molecule has 0 saturated carbocycles. The van der Waals surface area contributed by atoms with Crippen molar-refractivity contribution in [2.75, 3.05) is 5.32 Å². The molecule has 1 N–H and O–H groups in total. The molecule has 3 heteroatoms. The second-order valence-corrected chi connectivity index (χ2v) is 4.56. The normalized spacial score (nSPS) is 14.5. The van der Waals surface area contributed by atoms with E-state index in [1.54, 1.807) is 6.20 Å². The van der Waals surface area contributed by atoms with Gasteiger partial charge in [-0.05, 0) is 25.0 Å². The topological polar surface area (TPSA) is 37.8 Å². The van der Waals surface area contributed by atoms with E-state index in [0.717, 1.165) is 23.3 Å². The molecular formula is C14H19N3. The molecule has 3 nitrogen and oxygen atoms in total. The average Bonchev–Trinajstić information content (AvgIpc) is 2.37. The number of para-hydroxylation sites is 2. The van der Waals surface area contributed by atoms with Crippen molar-refractivity contribution in [3.05, 3.63) is 30.5 Å². The average molecular weight is 229 g/mol. The number of aromatic nitrogens is 2. The van der Waals surface area contributed by atoms with Crippen LogP contribution in [0, 0.1) is 5.92 Å². The number of nitrogens with zero attached hydrogens (tertiary/aromatic N) is 2. The molecule has 0 aliphatic carbocycles. The van der Waals surface area contributed by atoms with E-state index < -0.39 is 0 Å². The highest BCUT2D eigenvalue weighted by Gasteiger charge is 2.10. The highest BCUT2D eigenvalue weighted by Crippen LogP contribution is 2.15. The van der Waals surface area contributed by atoms with Gasteiger partial charge in [-0.15, -0.1) is 0 Å². The van der Waals surface area contributed by atoms with Gasteiger partial charge in [-0.25, -0.2) is 4.98 Å². The first-order valence-corrected chi connectivity index (χ1v) is 6.19. The van der Waals surface area contributed by atoms with E-state index in [1.807, 2.05) is 24.3 Å². The third-order valence-corrected chi connectivity index (χ3v) is 3.32. The number of rotatable bonds is 4. The van der Waals surface area contributed by atoms with Crippen LogP contribution in [-0.2, 0) is 0 Å². The van der Waals surface area contributed by atoms with Crippen molar-refractivity contribution < 1.29 is 0 Å². The third kappa shape index (κ3) is 2.73. The maximum Gasteiger partial charge on any atom is 0.145 e. The predicted octanol–water partition coefficient (Wildman–Crippen LogP) is 3.48. The van der Waals surface area contributed by atoms with E-state index in [-0.39, 0.29) is 0 Å². The van der Waals surface area contributed by atoms with Gasteiger partial charge in [-0.3, -0.25) is 4.98 Å². The predicted molar refractivity (Wildman–Crippen MR) is 72.1 cm³/mol. The van der Waals surface area contributed by atoms with Gasteiger partial charge in [-0.2, -0.15) is 0 Å². The molecule has 1 aromatic heterocycles. The quantitative estimate of drug-likeness (QED) is 0.872. The smallest absolute Gasteiger partial charge is 0.145 e. The number of fused-ring (bicyclic) bond motifs is 1. The molecule has 0 unspecified atom stereocenters. The zero-order valence-corrected chi connectivity index (χ0v) is 10.6. The minimum atomic E-state index is 0.412. The van der Waals surface area contributed by atoms with Crippen LogP contribution >= 0.6 is 0 Å². The molecule has 0 spiro atoms. The zero-order valence-electron chi connectivity index (χ0n) is 10.6. The standard InChI is InChI=1S/C14H19N3/c1-4-10(2)11(3)16-14-9-15-12-7-5-6-8-13(12)17-14/h5-11H,4H2,1-3H3,(H,16,17)/t10-,11+/m0/s1. The summed E-state index contributed by atoms with van der Waals surface area (Å²) in [6, 6.07) is 8.34. The first-order valence-electron chi connectivity index (χ1n) is 6.19. The molecule has 2 rings (SSSR count). The largest absolute Gasteiger partial charge is 0.366 e. The highest BCUT2D eigenvalue weighted by molar-refractivity contribution is 5.75. The van der Waals surface area contributed by atoms with Crippen molar-refractivity contribution in [3.8, 4) is 0 Å². The Bertz CT molecular complexity index is 496. The number of nitrogens with one attached hydrogen (secondary N) is 1. The van der Waals surface area contributed by atoms with E-state index in [9.17, 15) is 0 Å². The summed E-state index contributed by atoms with van der Waals surface area (Å²) in [6.45, 7) is 6.63. The van der Waals surface area contributed by atoms with Gasteiger partial charge in [-0.1, -0.05) is 32.4 Å². The van der Waals surface area contributed by atoms with Crippen molar-refractivity contribution >= 4 is 16.9 Å². The van der Waals surface area contributed by atoms with Crippen LogP contribution < -0.4 is 5.32 Å². The van der Waals surface area contributed by atoms with Crippen LogP contribution in [-0.4, -0.2) is 16.0 Å². The lowest BCUT2D eigenvalue weighted by Crippen LogP contribution is -2.23. The van der Waals surface area contributed by atoms with E-state index in [0.29, 0.717) is 12.0 Å².